The summed E-state index contributed by atoms with van der Waals surface area (Å²) in [6.45, 7) is 3.88. The Morgan fingerprint density at radius 2 is 1.89 bits per heavy atom. The second-order valence-electron chi connectivity index (χ2n) is 8.37. The van der Waals surface area contributed by atoms with Gasteiger partial charge in [0.05, 0.1) is 58.1 Å². The minimum atomic E-state index is -4.64. The van der Waals surface area contributed by atoms with Crippen LogP contribution in [0.25, 0.3) is 16.9 Å². The molecule has 2 atom stereocenters. The Bertz CT molecular complexity index is 1390. The number of anilines is 1. The van der Waals surface area contributed by atoms with Crippen molar-refractivity contribution in [3.63, 3.8) is 0 Å². The lowest BCUT2D eigenvalue weighted by atomic mass is 10.0. The van der Waals surface area contributed by atoms with Crippen molar-refractivity contribution < 1.29 is 33.5 Å². The van der Waals surface area contributed by atoms with Crippen molar-refractivity contribution in [3.8, 4) is 23.5 Å². The van der Waals surface area contributed by atoms with E-state index in [1.54, 1.807) is 35.7 Å². The smallest absolute Gasteiger partial charge is 0.387 e. The summed E-state index contributed by atoms with van der Waals surface area (Å²) in [5, 5.41) is 37.6. The quantitative estimate of drug-likeness (QED) is 0.239. The van der Waals surface area contributed by atoms with Crippen LogP contribution in [0.1, 0.15) is 36.7 Å². The molecule has 0 aliphatic rings. The highest BCUT2D eigenvalue weighted by atomic mass is 31.2. The van der Waals surface area contributed by atoms with Gasteiger partial charge >= 0.3 is 7.82 Å². The number of phosphoric acid groups is 1. The van der Waals surface area contributed by atoms with Gasteiger partial charge in [-0.15, -0.1) is 0 Å². The minimum Gasteiger partial charge on any atom is -0.387 e. The van der Waals surface area contributed by atoms with Crippen LogP contribution in [-0.2, 0) is 4.57 Å². The minimum absolute atomic E-state index is 0.124. The van der Waals surface area contributed by atoms with Crippen LogP contribution in [0.2, 0.25) is 0 Å². The van der Waals surface area contributed by atoms with Crippen molar-refractivity contribution >= 4 is 24.9 Å². The van der Waals surface area contributed by atoms with Crippen LogP contribution in [0.4, 0.5) is 10.1 Å². The standard InChI is InChI=1S/C22H22FN7O2.H3O4P/c1-13(8-24)29-17-7-18(19-5-4-15-6-14(9-25)10-28-30(15)19)26-11-16(17)21(31)27-12-20(23)22(2,3)32;1-5(2,3)4/h4-7,10-11,13,20,32H,12H2,1-3H3,(H,26,29)(H,27,31);(H3,1,2,3,4)/t13-,20-;/m1./s1. The summed E-state index contributed by atoms with van der Waals surface area (Å²) in [6.07, 6.45) is 1.10. The first-order valence-corrected chi connectivity index (χ1v) is 12.2. The number of rotatable bonds is 7. The molecule has 0 saturated heterocycles. The molecular weight excluding hydrogens is 508 g/mol. The first-order valence-electron chi connectivity index (χ1n) is 10.6. The van der Waals surface area contributed by atoms with Gasteiger partial charge in [-0.2, -0.15) is 15.6 Å². The third-order valence-corrected chi connectivity index (χ3v) is 4.81. The first kappa shape index (κ1) is 29.3. The third-order valence-electron chi connectivity index (χ3n) is 4.81. The molecule has 3 rings (SSSR count). The van der Waals surface area contributed by atoms with Crippen LogP contribution in [0.3, 0.4) is 0 Å². The molecule has 37 heavy (non-hydrogen) atoms. The number of nitrogens with zero attached hydrogens (tertiary/aromatic N) is 5. The SMILES string of the molecule is C[C@H](C#N)Nc1cc(-c2ccc3cc(C#N)cnn23)ncc1C(=O)NC[C@@H](F)C(C)(C)O.O=P(O)(O)O. The highest BCUT2D eigenvalue weighted by Gasteiger charge is 2.27. The maximum Gasteiger partial charge on any atom is 0.466 e. The molecule has 0 unspecified atom stereocenters. The molecule has 0 spiro atoms. The summed E-state index contributed by atoms with van der Waals surface area (Å²) < 4.78 is 24.5. The Morgan fingerprint density at radius 3 is 2.46 bits per heavy atom. The molecule has 0 bridgehead atoms. The fourth-order valence-electron chi connectivity index (χ4n) is 2.94. The fraction of sp³-hybridized carbons (Fsp3) is 0.318. The number of hydrogen-bond acceptors (Lipinski definition) is 8. The third kappa shape index (κ3) is 8.61. The maximum absolute atomic E-state index is 14.0. The molecular formula is C22H25FN7O6P. The number of fused-ring (bicyclic) bond motifs is 1. The summed E-state index contributed by atoms with van der Waals surface area (Å²) in [4.78, 5) is 38.6. The normalized spacial score (nSPS) is 12.9. The zero-order chi connectivity index (χ0) is 28.0. The number of alkyl halides is 1. The van der Waals surface area contributed by atoms with Crippen molar-refractivity contribution in [3.05, 3.63) is 47.8 Å². The van der Waals surface area contributed by atoms with Gasteiger partial charge in [-0.1, -0.05) is 0 Å². The fourth-order valence-corrected chi connectivity index (χ4v) is 2.94. The van der Waals surface area contributed by atoms with E-state index >= 15 is 0 Å². The Balaban J connectivity index is 0.000000877. The summed E-state index contributed by atoms with van der Waals surface area (Å²) in [7, 11) is -4.64. The molecule has 13 nitrogen and oxygen atoms in total. The van der Waals surface area contributed by atoms with Crippen LogP contribution >= 0.6 is 7.82 Å². The number of aromatic nitrogens is 3. The maximum atomic E-state index is 14.0. The molecule has 0 aliphatic heterocycles. The molecule has 3 aromatic heterocycles. The van der Waals surface area contributed by atoms with E-state index in [-0.39, 0.29) is 12.1 Å². The van der Waals surface area contributed by atoms with Crippen LogP contribution in [0.5, 0.6) is 0 Å². The van der Waals surface area contributed by atoms with Gasteiger partial charge in [0.15, 0.2) is 0 Å². The van der Waals surface area contributed by atoms with E-state index in [9.17, 15) is 19.6 Å². The molecule has 0 fully saturated rings. The summed E-state index contributed by atoms with van der Waals surface area (Å²) in [5.74, 6) is -0.597. The lowest BCUT2D eigenvalue weighted by Gasteiger charge is -2.22. The highest BCUT2D eigenvalue weighted by molar-refractivity contribution is 7.45. The molecule has 0 aromatic carbocycles. The molecule has 6 N–H and O–H groups in total. The molecule has 3 aromatic rings. The molecule has 0 saturated carbocycles. The molecule has 1 amide bonds. The lowest BCUT2D eigenvalue weighted by molar-refractivity contribution is -0.00178. The number of nitriles is 2. The van der Waals surface area contributed by atoms with Crippen molar-refractivity contribution in [1.82, 2.24) is 19.9 Å². The number of aliphatic hydroxyl groups is 1. The van der Waals surface area contributed by atoms with Crippen molar-refractivity contribution in [2.24, 2.45) is 0 Å². The van der Waals surface area contributed by atoms with E-state index in [1.165, 1.54) is 26.2 Å². The van der Waals surface area contributed by atoms with Crippen molar-refractivity contribution in [1.29, 1.82) is 10.5 Å². The van der Waals surface area contributed by atoms with Gasteiger partial charge in [-0.25, -0.2) is 13.5 Å². The molecule has 3 heterocycles. The van der Waals surface area contributed by atoms with Crippen LogP contribution in [-0.4, -0.2) is 64.7 Å². The van der Waals surface area contributed by atoms with Gasteiger partial charge in [-0.05, 0) is 45.0 Å². The summed E-state index contributed by atoms with van der Waals surface area (Å²) in [6, 6.07) is 10.3. The lowest BCUT2D eigenvalue weighted by Crippen LogP contribution is -2.42. The number of nitrogens with one attached hydrogen (secondary N) is 2. The average Bonchev–Trinajstić information content (AvgIpc) is 3.23. The van der Waals surface area contributed by atoms with E-state index in [2.05, 4.69) is 20.7 Å². The van der Waals surface area contributed by atoms with Crippen LogP contribution < -0.4 is 10.6 Å². The van der Waals surface area contributed by atoms with E-state index < -0.39 is 31.5 Å². The number of carbonyl (C=O) groups is 1. The number of pyridine rings is 1. The van der Waals surface area contributed by atoms with Crippen LogP contribution in [0.15, 0.2) is 36.7 Å². The largest absolute Gasteiger partial charge is 0.466 e. The molecule has 196 valence electrons. The second kappa shape index (κ2) is 11.9. The molecule has 15 heteroatoms. The van der Waals surface area contributed by atoms with E-state index in [4.69, 9.17) is 24.5 Å². The van der Waals surface area contributed by atoms with Gasteiger partial charge in [0, 0.05) is 6.20 Å². The number of hydrogen-bond donors (Lipinski definition) is 6. The highest BCUT2D eigenvalue weighted by Crippen LogP contribution is 2.26. The zero-order valence-corrected chi connectivity index (χ0v) is 20.9. The summed E-state index contributed by atoms with van der Waals surface area (Å²) >= 11 is 0. The molecule has 0 radical (unpaired) electrons. The predicted octanol–water partition coefficient (Wildman–Crippen LogP) is 1.50. The van der Waals surface area contributed by atoms with Crippen molar-refractivity contribution in [2.45, 2.75) is 38.6 Å². The zero-order valence-electron chi connectivity index (χ0n) is 20.0. The first-order chi connectivity index (χ1) is 17.1. The molecule has 0 aliphatic carbocycles. The number of halogens is 1. The van der Waals surface area contributed by atoms with Crippen molar-refractivity contribution in [2.75, 3.05) is 11.9 Å². The van der Waals surface area contributed by atoms with Gasteiger partial charge in [0.1, 0.15) is 18.3 Å². The second-order valence-corrected chi connectivity index (χ2v) is 9.39. The summed E-state index contributed by atoms with van der Waals surface area (Å²) in [5.41, 5.74) is 1.08. The van der Waals surface area contributed by atoms with E-state index in [0.29, 0.717) is 28.2 Å². The van der Waals surface area contributed by atoms with E-state index in [1.807, 2.05) is 12.1 Å². The Kier molecular flexibility index (Phi) is 9.42. The Morgan fingerprint density at radius 1 is 1.24 bits per heavy atom. The van der Waals surface area contributed by atoms with Gasteiger partial charge in [0.2, 0.25) is 0 Å². The van der Waals surface area contributed by atoms with Gasteiger partial charge in [-0.3, -0.25) is 9.78 Å². The number of amides is 1. The number of carbonyl (C=O) groups excluding carboxylic acids is 1. The topological polar surface area (TPSA) is 217 Å². The monoisotopic (exact) mass is 533 g/mol. The van der Waals surface area contributed by atoms with Crippen LogP contribution in [0, 0.1) is 22.7 Å². The average molecular weight is 533 g/mol. The van der Waals surface area contributed by atoms with E-state index in [0.717, 1.165) is 0 Å². The van der Waals surface area contributed by atoms with Gasteiger partial charge in [0.25, 0.3) is 5.91 Å². The predicted molar refractivity (Wildman–Crippen MR) is 130 cm³/mol. The Labute approximate surface area is 211 Å². The van der Waals surface area contributed by atoms with Gasteiger partial charge < -0.3 is 30.4 Å². The Hall–Kier alpha value is -3.91.